The van der Waals surface area contributed by atoms with Crippen molar-refractivity contribution >= 4 is 18.3 Å². The Morgan fingerprint density at radius 3 is 2.33 bits per heavy atom. The highest BCUT2D eigenvalue weighted by Gasteiger charge is 2.37. The summed E-state index contributed by atoms with van der Waals surface area (Å²) < 4.78 is 5.25. The SMILES string of the molecule is CC1(CNC(=O)C2(N)CCOCC2)CCCC1.Cl. The van der Waals surface area contributed by atoms with Crippen molar-refractivity contribution in [1.29, 1.82) is 0 Å². The normalized spacial score (nSPS) is 25.2. The highest BCUT2D eigenvalue weighted by atomic mass is 35.5. The number of hydrogen-bond donors (Lipinski definition) is 2. The topological polar surface area (TPSA) is 64.4 Å². The molecule has 0 aromatic carbocycles. The summed E-state index contributed by atoms with van der Waals surface area (Å²) in [6.45, 7) is 4.22. The van der Waals surface area contributed by atoms with Crippen LogP contribution in [0.3, 0.4) is 0 Å². The van der Waals surface area contributed by atoms with Crippen LogP contribution in [0.4, 0.5) is 0 Å². The fourth-order valence-electron chi connectivity index (χ4n) is 2.84. The van der Waals surface area contributed by atoms with Gasteiger partial charge in [0.05, 0.1) is 5.54 Å². The molecule has 106 valence electrons. The first-order valence-corrected chi connectivity index (χ1v) is 6.69. The van der Waals surface area contributed by atoms with E-state index < -0.39 is 5.54 Å². The summed E-state index contributed by atoms with van der Waals surface area (Å²) >= 11 is 0. The summed E-state index contributed by atoms with van der Waals surface area (Å²) in [5, 5.41) is 3.06. The molecular formula is C13H25ClN2O2. The van der Waals surface area contributed by atoms with Gasteiger partial charge in [0.15, 0.2) is 0 Å². The van der Waals surface area contributed by atoms with Crippen LogP contribution in [0.25, 0.3) is 0 Å². The van der Waals surface area contributed by atoms with Crippen LogP contribution < -0.4 is 11.1 Å². The molecule has 5 heteroatoms. The Morgan fingerprint density at radius 1 is 1.22 bits per heavy atom. The van der Waals surface area contributed by atoms with Crippen molar-refractivity contribution in [3.05, 3.63) is 0 Å². The molecule has 2 aliphatic rings. The number of nitrogens with one attached hydrogen (secondary N) is 1. The second-order valence-electron chi connectivity index (χ2n) is 5.97. The first-order chi connectivity index (χ1) is 8.04. The van der Waals surface area contributed by atoms with E-state index in [0.717, 1.165) is 6.54 Å². The van der Waals surface area contributed by atoms with Gasteiger partial charge in [0, 0.05) is 19.8 Å². The predicted octanol–water partition coefficient (Wildman–Crippen LogP) is 1.61. The molecule has 2 rings (SSSR count). The highest BCUT2D eigenvalue weighted by molar-refractivity contribution is 5.86. The third-order valence-electron chi connectivity index (χ3n) is 4.32. The van der Waals surface area contributed by atoms with Crippen LogP contribution in [0.2, 0.25) is 0 Å². The van der Waals surface area contributed by atoms with E-state index in [-0.39, 0.29) is 23.7 Å². The molecule has 0 atom stereocenters. The molecule has 0 spiro atoms. The summed E-state index contributed by atoms with van der Waals surface area (Å²) in [7, 11) is 0. The molecule has 0 radical (unpaired) electrons. The van der Waals surface area contributed by atoms with Crippen molar-refractivity contribution in [3.8, 4) is 0 Å². The summed E-state index contributed by atoms with van der Waals surface area (Å²) in [5.41, 5.74) is 5.73. The number of carbonyl (C=O) groups excluding carboxylic acids is 1. The molecule has 4 nitrogen and oxygen atoms in total. The van der Waals surface area contributed by atoms with Crippen molar-refractivity contribution in [2.45, 2.75) is 51.0 Å². The van der Waals surface area contributed by atoms with Gasteiger partial charge in [-0.1, -0.05) is 19.8 Å². The van der Waals surface area contributed by atoms with Gasteiger partial charge < -0.3 is 15.8 Å². The van der Waals surface area contributed by atoms with Gasteiger partial charge in [-0.2, -0.15) is 0 Å². The van der Waals surface area contributed by atoms with Crippen LogP contribution in [0.15, 0.2) is 0 Å². The van der Waals surface area contributed by atoms with E-state index in [9.17, 15) is 4.79 Å². The molecule has 0 unspecified atom stereocenters. The Bertz CT molecular complexity index is 285. The third-order valence-corrected chi connectivity index (χ3v) is 4.32. The Morgan fingerprint density at radius 2 is 1.78 bits per heavy atom. The van der Waals surface area contributed by atoms with Gasteiger partial charge in [-0.25, -0.2) is 0 Å². The van der Waals surface area contributed by atoms with E-state index in [2.05, 4.69) is 12.2 Å². The quantitative estimate of drug-likeness (QED) is 0.823. The Hall–Kier alpha value is -0.320. The minimum Gasteiger partial charge on any atom is -0.381 e. The molecule has 3 N–H and O–H groups in total. The molecule has 0 bridgehead atoms. The van der Waals surface area contributed by atoms with Crippen molar-refractivity contribution in [2.75, 3.05) is 19.8 Å². The summed E-state index contributed by atoms with van der Waals surface area (Å²) in [6.07, 6.45) is 6.27. The summed E-state index contributed by atoms with van der Waals surface area (Å²) in [5.74, 6) is 0.00826. The molecule has 1 saturated carbocycles. The average Bonchev–Trinajstić information content (AvgIpc) is 2.75. The Kier molecular flexibility index (Phi) is 5.44. The molecule has 1 heterocycles. The van der Waals surface area contributed by atoms with Gasteiger partial charge in [-0.3, -0.25) is 4.79 Å². The predicted molar refractivity (Wildman–Crippen MR) is 73.8 cm³/mol. The lowest BCUT2D eigenvalue weighted by molar-refractivity contribution is -0.130. The molecule has 1 amide bonds. The zero-order valence-electron chi connectivity index (χ0n) is 11.2. The summed E-state index contributed by atoms with van der Waals surface area (Å²) in [4.78, 5) is 12.1. The zero-order valence-corrected chi connectivity index (χ0v) is 12.0. The summed E-state index contributed by atoms with van der Waals surface area (Å²) in [6, 6.07) is 0. The molecule has 1 aliphatic carbocycles. The van der Waals surface area contributed by atoms with Crippen LogP contribution in [-0.2, 0) is 9.53 Å². The number of nitrogens with two attached hydrogens (primary N) is 1. The van der Waals surface area contributed by atoms with Crippen LogP contribution in [0.5, 0.6) is 0 Å². The van der Waals surface area contributed by atoms with Crippen LogP contribution in [0, 0.1) is 5.41 Å². The third kappa shape index (κ3) is 3.59. The van der Waals surface area contributed by atoms with E-state index >= 15 is 0 Å². The lowest BCUT2D eigenvalue weighted by atomic mass is 9.87. The Balaban J connectivity index is 0.00000162. The van der Waals surface area contributed by atoms with E-state index in [1.54, 1.807) is 0 Å². The van der Waals surface area contributed by atoms with Gasteiger partial charge in [-0.15, -0.1) is 12.4 Å². The second-order valence-corrected chi connectivity index (χ2v) is 5.97. The van der Waals surface area contributed by atoms with Crippen molar-refractivity contribution in [2.24, 2.45) is 11.1 Å². The first kappa shape index (κ1) is 15.7. The number of amides is 1. The molecule has 1 saturated heterocycles. The number of rotatable bonds is 3. The fraction of sp³-hybridized carbons (Fsp3) is 0.923. The number of hydrogen-bond acceptors (Lipinski definition) is 3. The van der Waals surface area contributed by atoms with Gasteiger partial charge in [0.25, 0.3) is 0 Å². The molecule has 1 aliphatic heterocycles. The zero-order chi connectivity index (χ0) is 12.4. The van der Waals surface area contributed by atoms with Crippen molar-refractivity contribution in [3.63, 3.8) is 0 Å². The minimum atomic E-state index is -0.701. The molecule has 18 heavy (non-hydrogen) atoms. The number of carbonyl (C=O) groups is 1. The molecule has 0 aromatic heterocycles. The second kappa shape index (κ2) is 6.22. The fourth-order valence-corrected chi connectivity index (χ4v) is 2.84. The average molecular weight is 277 g/mol. The number of ether oxygens (including phenoxy) is 1. The van der Waals surface area contributed by atoms with Crippen molar-refractivity contribution in [1.82, 2.24) is 5.32 Å². The maximum absolute atomic E-state index is 12.1. The van der Waals surface area contributed by atoms with Crippen molar-refractivity contribution < 1.29 is 9.53 Å². The lowest BCUT2D eigenvalue weighted by Gasteiger charge is -2.33. The van der Waals surface area contributed by atoms with E-state index in [0.29, 0.717) is 26.1 Å². The largest absolute Gasteiger partial charge is 0.381 e. The first-order valence-electron chi connectivity index (χ1n) is 6.69. The van der Waals surface area contributed by atoms with Gasteiger partial charge in [-0.05, 0) is 31.1 Å². The van der Waals surface area contributed by atoms with E-state index in [1.165, 1.54) is 25.7 Å². The molecule has 0 aromatic rings. The molecular weight excluding hydrogens is 252 g/mol. The van der Waals surface area contributed by atoms with Crippen LogP contribution in [-0.4, -0.2) is 31.2 Å². The van der Waals surface area contributed by atoms with Gasteiger partial charge >= 0.3 is 0 Å². The molecule has 2 fully saturated rings. The lowest BCUT2D eigenvalue weighted by Crippen LogP contribution is -2.57. The van der Waals surface area contributed by atoms with Gasteiger partial charge in [0.1, 0.15) is 0 Å². The monoisotopic (exact) mass is 276 g/mol. The minimum absolute atomic E-state index is 0. The Labute approximate surface area is 115 Å². The number of halogens is 1. The standard InChI is InChI=1S/C13H24N2O2.ClH/c1-12(4-2-3-5-12)10-15-11(16)13(14)6-8-17-9-7-13;/h2-10,14H2,1H3,(H,15,16);1H. The van der Waals surface area contributed by atoms with E-state index in [1.807, 2.05) is 0 Å². The smallest absolute Gasteiger partial charge is 0.240 e. The maximum Gasteiger partial charge on any atom is 0.240 e. The van der Waals surface area contributed by atoms with E-state index in [4.69, 9.17) is 10.5 Å². The van der Waals surface area contributed by atoms with Crippen LogP contribution >= 0.6 is 12.4 Å². The van der Waals surface area contributed by atoms with Crippen LogP contribution in [0.1, 0.15) is 45.4 Å². The highest BCUT2D eigenvalue weighted by Crippen LogP contribution is 2.36. The maximum atomic E-state index is 12.1. The van der Waals surface area contributed by atoms with Gasteiger partial charge in [0.2, 0.25) is 5.91 Å².